The summed E-state index contributed by atoms with van der Waals surface area (Å²) in [5, 5.41) is 3.41. The van der Waals surface area contributed by atoms with Crippen LogP contribution in [-0.4, -0.2) is 51.0 Å². The first-order valence-electron chi connectivity index (χ1n) is 8.20. The number of hydrogen-bond donors (Lipinski definition) is 1. The Labute approximate surface area is 140 Å². The van der Waals surface area contributed by atoms with Crippen molar-refractivity contribution in [1.82, 2.24) is 10.2 Å². The lowest BCUT2D eigenvalue weighted by Crippen LogP contribution is -2.26. The zero-order chi connectivity index (χ0) is 17.6. The second kappa shape index (κ2) is 8.58. The van der Waals surface area contributed by atoms with Gasteiger partial charge in [-0.3, -0.25) is 0 Å². The SMILES string of the molecule is CCN1CC[C@H](CNCc2ccc(OCC(F)(F)F)c(OC)c2)C1. The van der Waals surface area contributed by atoms with Crippen molar-refractivity contribution in [2.45, 2.75) is 26.1 Å². The van der Waals surface area contributed by atoms with Crippen molar-refractivity contribution in [2.24, 2.45) is 5.92 Å². The Bertz CT molecular complexity index is 523. The predicted molar refractivity (Wildman–Crippen MR) is 86.5 cm³/mol. The number of likely N-dealkylation sites (tertiary alicyclic amines) is 1. The molecule has 0 amide bonds. The van der Waals surface area contributed by atoms with Crippen LogP contribution < -0.4 is 14.8 Å². The Hall–Kier alpha value is -1.47. The smallest absolute Gasteiger partial charge is 0.422 e. The molecule has 1 aromatic rings. The molecule has 24 heavy (non-hydrogen) atoms. The number of alkyl halides is 3. The Morgan fingerprint density at radius 1 is 1.29 bits per heavy atom. The van der Waals surface area contributed by atoms with E-state index in [-0.39, 0.29) is 5.75 Å². The predicted octanol–water partition coefficient (Wildman–Crippen LogP) is 3.07. The molecule has 0 aromatic heterocycles. The van der Waals surface area contributed by atoms with Crippen LogP contribution in [0.3, 0.4) is 0 Å². The Morgan fingerprint density at radius 2 is 2.08 bits per heavy atom. The summed E-state index contributed by atoms with van der Waals surface area (Å²) in [6.07, 6.45) is -3.16. The minimum Gasteiger partial charge on any atom is -0.493 e. The molecular formula is C17H25F3N2O2. The van der Waals surface area contributed by atoms with Gasteiger partial charge in [-0.25, -0.2) is 0 Å². The first kappa shape index (κ1) is 18.9. The molecule has 1 fully saturated rings. The molecule has 136 valence electrons. The molecule has 1 aliphatic rings. The molecule has 7 heteroatoms. The third kappa shape index (κ3) is 5.87. The molecule has 0 unspecified atom stereocenters. The second-order valence-corrected chi connectivity index (χ2v) is 6.07. The van der Waals surface area contributed by atoms with Gasteiger partial charge in [0.15, 0.2) is 18.1 Å². The van der Waals surface area contributed by atoms with Crippen LogP contribution in [0.25, 0.3) is 0 Å². The van der Waals surface area contributed by atoms with Crippen molar-refractivity contribution in [1.29, 1.82) is 0 Å². The summed E-state index contributed by atoms with van der Waals surface area (Å²) < 4.78 is 46.6. The van der Waals surface area contributed by atoms with E-state index in [1.807, 2.05) is 0 Å². The van der Waals surface area contributed by atoms with Gasteiger partial charge in [0.1, 0.15) is 0 Å². The fourth-order valence-corrected chi connectivity index (χ4v) is 2.89. The average molecular weight is 346 g/mol. The van der Waals surface area contributed by atoms with E-state index in [0.29, 0.717) is 18.2 Å². The highest BCUT2D eigenvalue weighted by Crippen LogP contribution is 2.29. The molecular weight excluding hydrogens is 321 g/mol. The molecule has 1 saturated heterocycles. The van der Waals surface area contributed by atoms with Crippen LogP contribution in [0.15, 0.2) is 18.2 Å². The Kier molecular flexibility index (Phi) is 6.74. The number of hydrogen-bond acceptors (Lipinski definition) is 4. The molecule has 0 radical (unpaired) electrons. The second-order valence-electron chi connectivity index (χ2n) is 6.07. The van der Waals surface area contributed by atoms with Crippen molar-refractivity contribution in [2.75, 3.05) is 39.9 Å². The van der Waals surface area contributed by atoms with Crippen LogP contribution in [-0.2, 0) is 6.54 Å². The highest BCUT2D eigenvalue weighted by atomic mass is 19.4. The van der Waals surface area contributed by atoms with E-state index in [1.165, 1.54) is 19.6 Å². The Morgan fingerprint density at radius 3 is 2.71 bits per heavy atom. The summed E-state index contributed by atoms with van der Waals surface area (Å²) >= 11 is 0. The van der Waals surface area contributed by atoms with E-state index < -0.39 is 12.8 Å². The molecule has 1 N–H and O–H groups in total. The van der Waals surface area contributed by atoms with Gasteiger partial charge in [-0.05, 0) is 49.7 Å². The van der Waals surface area contributed by atoms with Gasteiger partial charge in [-0.15, -0.1) is 0 Å². The molecule has 0 bridgehead atoms. The third-order valence-corrected chi connectivity index (χ3v) is 4.20. The van der Waals surface area contributed by atoms with Crippen molar-refractivity contribution >= 4 is 0 Å². The van der Waals surface area contributed by atoms with E-state index >= 15 is 0 Å². The van der Waals surface area contributed by atoms with Crippen LogP contribution in [0.1, 0.15) is 18.9 Å². The lowest BCUT2D eigenvalue weighted by Gasteiger charge is -2.15. The van der Waals surface area contributed by atoms with Gasteiger partial charge >= 0.3 is 6.18 Å². The summed E-state index contributed by atoms with van der Waals surface area (Å²) in [6.45, 7) is 5.80. The first-order chi connectivity index (χ1) is 11.4. The quantitative estimate of drug-likeness (QED) is 0.784. The van der Waals surface area contributed by atoms with Gasteiger partial charge in [0, 0.05) is 13.1 Å². The first-order valence-corrected chi connectivity index (χ1v) is 8.20. The number of rotatable bonds is 8. The number of methoxy groups -OCH3 is 1. The number of nitrogens with one attached hydrogen (secondary N) is 1. The zero-order valence-corrected chi connectivity index (χ0v) is 14.2. The fourth-order valence-electron chi connectivity index (χ4n) is 2.89. The van der Waals surface area contributed by atoms with Gasteiger partial charge < -0.3 is 19.7 Å². The number of ether oxygens (including phenoxy) is 2. The molecule has 1 aromatic carbocycles. The van der Waals surface area contributed by atoms with Crippen molar-refractivity contribution < 1.29 is 22.6 Å². The molecule has 4 nitrogen and oxygen atoms in total. The summed E-state index contributed by atoms with van der Waals surface area (Å²) in [5.41, 5.74) is 0.955. The van der Waals surface area contributed by atoms with Crippen LogP contribution >= 0.6 is 0 Å². The summed E-state index contributed by atoms with van der Waals surface area (Å²) in [6, 6.07) is 5.00. The van der Waals surface area contributed by atoms with E-state index in [9.17, 15) is 13.2 Å². The molecule has 1 heterocycles. The zero-order valence-electron chi connectivity index (χ0n) is 14.2. The van der Waals surface area contributed by atoms with Crippen LogP contribution in [0, 0.1) is 5.92 Å². The topological polar surface area (TPSA) is 33.7 Å². The highest BCUT2D eigenvalue weighted by molar-refractivity contribution is 5.43. The van der Waals surface area contributed by atoms with Crippen molar-refractivity contribution in [3.63, 3.8) is 0 Å². The van der Waals surface area contributed by atoms with Crippen LogP contribution in [0.5, 0.6) is 11.5 Å². The van der Waals surface area contributed by atoms with Gasteiger partial charge in [-0.2, -0.15) is 13.2 Å². The standard InChI is InChI=1S/C17H25F3N2O2/c1-3-22-7-6-14(11-22)10-21-9-13-4-5-15(16(8-13)23-2)24-12-17(18,19)20/h4-5,8,14,21H,3,6-7,9-12H2,1-2H3/t14-/m1/s1. The maximum Gasteiger partial charge on any atom is 0.422 e. The largest absolute Gasteiger partial charge is 0.493 e. The molecule has 0 spiro atoms. The van der Waals surface area contributed by atoms with E-state index in [2.05, 4.69) is 17.1 Å². The minimum absolute atomic E-state index is 0.105. The van der Waals surface area contributed by atoms with Crippen molar-refractivity contribution in [3.8, 4) is 11.5 Å². The minimum atomic E-state index is -4.36. The van der Waals surface area contributed by atoms with Crippen LogP contribution in [0.4, 0.5) is 13.2 Å². The molecule has 0 aliphatic carbocycles. The lowest BCUT2D eigenvalue weighted by atomic mass is 10.1. The Balaban J connectivity index is 1.83. The van der Waals surface area contributed by atoms with Gasteiger partial charge in [0.05, 0.1) is 7.11 Å². The normalized spacial score (nSPS) is 18.8. The van der Waals surface area contributed by atoms with Crippen LogP contribution in [0.2, 0.25) is 0 Å². The maximum absolute atomic E-state index is 12.2. The van der Waals surface area contributed by atoms with Crippen molar-refractivity contribution in [3.05, 3.63) is 23.8 Å². The third-order valence-electron chi connectivity index (χ3n) is 4.20. The fraction of sp³-hybridized carbons (Fsp3) is 0.647. The van der Waals surface area contributed by atoms with E-state index in [0.717, 1.165) is 31.7 Å². The van der Waals surface area contributed by atoms with Gasteiger partial charge in [0.25, 0.3) is 0 Å². The van der Waals surface area contributed by atoms with E-state index in [1.54, 1.807) is 12.1 Å². The summed E-state index contributed by atoms with van der Waals surface area (Å²) in [7, 11) is 1.42. The lowest BCUT2D eigenvalue weighted by molar-refractivity contribution is -0.153. The number of halogens is 3. The molecule has 1 aliphatic heterocycles. The molecule has 2 rings (SSSR count). The molecule has 1 atom stereocenters. The maximum atomic E-state index is 12.2. The van der Waals surface area contributed by atoms with E-state index in [4.69, 9.17) is 9.47 Å². The summed E-state index contributed by atoms with van der Waals surface area (Å²) in [4.78, 5) is 2.43. The van der Waals surface area contributed by atoms with Gasteiger partial charge in [0.2, 0.25) is 0 Å². The monoisotopic (exact) mass is 346 g/mol. The van der Waals surface area contributed by atoms with Gasteiger partial charge in [-0.1, -0.05) is 13.0 Å². The number of nitrogens with zero attached hydrogens (tertiary/aromatic N) is 1. The average Bonchev–Trinajstić information content (AvgIpc) is 3.00. The molecule has 0 saturated carbocycles. The highest BCUT2D eigenvalue weighted by Gasteiger charge is 2.29. The number of benzene rings is 1. The summed E-state index contributed by atoms with van der Waals surface area (Å²) in [5.74, 6) is 1.07.